The van der Waals surface area contributed by atoms with Gasteiger partial charge in [-0.3, -0.25) is 9.69 Å². The molecule has 1 aliphatic heterocycles. The average molecular weight is 373 g/mol. The van der Waals surface area contributed by atoms with Crippen LogP contribution in [0.4, 0.5) is 5.82 Å². The molecule has 1 amide bonds. The van der Waals surface area contributed by atoms with E-state index in [1.54, 1.807) is 18.2 Å². The lowest BCUT2D eigenvalue weighted by molar-refractivity contribution is 0.0383. The van der Waals surface area contributed by atoms with Crippen LogP contribution in [0.1, 0.15) is 10.4 Å². The molecule has 0 radical (unpaired) electrons. The molecule has 1 saturated heterocycles. The van der Waals surface area contributed by atoms with Crippen LogP contribution in [-0.2, 0) is 4.74 Å². The molecule has 26 heavy (non-hydrogen) atoms. The molecule has 0 atom stereocenters. The Labute approximate surface area is 157 Å². The van der Waals surface area contributed by atoms with Crippen molar-refractivity contribution in [1.82, 2.24) is 20.2 Å². The fraction of sp³-hybridized carbons (Fsp3) is 0.389. The maximum Gasteiger partial charge on any atom is 0.251 e. The van der Waals surface area contributed by atoms with Gasteiger partial charge in [-0.25, -0.2) is 9.97 Å². The van der Waals surface area contributed by atoms with E-state index in [0.29, 0.717) is 23.1 Å². The van der Waals surface area contributed by atoms with Crippen molar-refractivity contribution < 1.29 is 9.53 Å². The number of anilines is 1. The number of aromatic nitrogens is 2. The van der Waals surface area contributed by atoms with Crippen molar-refractivity contribution in [3.8, 4) is 11.3 Å². The van der Waals surface area contributed by atoms with Gasteiger partial charge in [0.05, 0.1) is 18.9 Å². The van der Waals surface area contributed by atoms with Gasteiger partial charge in [0.25, 0.3) is 5.91 Å². The van der Waals surface area contributed by atoms with Gasteiger partial charge in [-0.15, -0.1) is 0 Å². The second kappa shape index (κ2) is 8.98. The topological polar surface area (TPSA) is 93.4 Å². The van der Waals surface area contributed by atoms with E-state index in [-0.39, 0.29) is 5.91 Å². The van der Waals surface area contributed by atoms with Gasteiger partial charge in [0.15, 0.2) is 5.16 Å². The van der Waals surface area contributed by atoms with Gasteiger partial charge in [0.1, 0.15) is 5.82 Å². The first-order valence-electron chi connectivity index (χ1n) is 8.53. The van der Waals surface area contributed by atoms with Crippen LogP contribution in [0.15, 0.2) is 35.5 Å². The quantitative estimate of drug-likeness (QED) is 0.585. The Morgan fingerprint density at radius 1 is 1.27 bits per heavy atom. The second-order valence-electron chi connectivity index (χ2n) is 5.95. The predicted octanol–water partition coefficient (Wildman–Crippen LogP) is 1.51. The minimum atomic E-state index is -0.0724. The van der Waals surface area contributed by atoms with Crippen molar-refractivity contribution in [3.05, 3.63) is 35.9 Å². The molecule has 2 aromatic rings. The SMILES string of the molecule is CSc1nc(N)cc(-c2ccc(C(=O)NCCN3CCOCC3)cc2)n1. The van der Waals surface area contributed by atoms with Crippen molar-refractivity contribution >= 4 is 23.5 Å². The smallest absolute Gasteiger partial charge is 0.251 e. The average Bonchev–Trinajstić information content (AvgIpc) is 2.68. The molecule has 2 heterocycles. The molecule has 0 aliphatic carbocycles. The second-order valence-corrected chi connectivity index (χ2v) is 6.73. The van der Waals surface area contributed by atoms with Crippen molar-refractivity contribution in [2.75, 3.05) is 51.4 Å². The summed E-state index contributed by atoms with van der Waals surface area (Å²) in [5, 5.41) is 3.59. The zero-order chi connectivity index (χ0) is 18.4. The summed E-state index contributed by atoms with van der Waals surface area (Å²) in [6.45, 7) is 4.84. The number of morpholine rings is 1. The van der Waals surface area contributed by atoms with E-state index in [0.717, 1.165) is 44.1 Å². The van der Waals surface area contributed by atoms with Crippen molar-refractivity contribution in [3.63, 3.8) is 0 Å². The third-order valence-electron chi connectivity index (χ3n) is 4.17. The first-order chi connectivity index (χ1) is 12.7. The number of hydrogen-bond donors (Lipinski definition) is 2. The molecule has 1 aromatic heterocycles. The summed E-state index contributed by atoms with van der Waals surface area (Å²) >= 11 is 1.44. The highest BCUT2D eigenvalue weighted by atomic mass is 32.2. The summed E-state index contributed by atoms with van der Waals surface area (Å²) in [7, 11) is 0. The van der Waals surface area contributed by atoms with E-state index in [9.17, 15) is 4.79 Å². The standard InChI is InChI=1S/C18H23N5O2S/c1-26-18-21-15(12-16(19)22-18)13-2-4-14(5-3-13)17(24)20-6-7-23-8-10-25-11-9-23/h2-5,12H,6-11H2,1H3,(H,20,24)(H2,19,21,22). The molecule has 1 aromatic carbocycles. The van der Waals surface area contributed by atoms with E-state index < -0.39 is 0 Å². The third kappa shape index (κ3) is 4.94. The predicted molar refractivity (Wildman–Crippen MR) is 103 cm³/mol. The number of carbonyl (C=O) groups excluding carboxylic acids is 1. The molecule has 1 fully saturated rings. The third-order valence-corrected chi connectivity index (χ3v) is 4.72. The lowest BCUT2D eigenvalue weighted by Gasteiger charge is -2.26. The lowest BCUT2D eigenvalue weighted by atomic mass is 10.1. The minimum absolute atomic E-state index is 0.0724. The van der Waals surface area contributed by atoms with Crippen LogP contribution in [0, 0.1) is 0 Å². The molecule has 8 heteroatoms. The first-order valence-corrected chi connectivity index (χ1v) is 9.75. The molecule has 3 rings (SSSR count). The summed E-state index contributed by atoms with van der Waals surface area (Å²) in [4.78, 5) is 23.2. The molecule has 0 spiro atoms. The van der Waals surface area contributed by atoms with Crippen molar-refractivity contribution in [2.24, 2.45) is 0 Å². The van der Waals surface area contributed by atoms with Gasteiger partial charge in [0.2, 0.25) is 0 Å². The summed E-state index contributed by atoms with van der Waals surface area (Å²) in [5.74, 6) is 0.362. The van der Waals surface area contributed by atoms with Crippen LogP contribution in [0.3, 0.4) is 0 Å². The minimum Gasteiger partial charge on any atom is -0.384 e. The van der Waals surface area contributed by atoms with Crippen LogP contribution in [0.5, 0.6) is 0 Å². The monoisotopic (exact) mass is 373 g/mol. The van der Waals surface area contributed by atoms with Crippen LogP contribution < -0.4 is 11.1 Å². The Balaban J connectivity index is 1.58. The number of amides is 1. The van der Waals surface area contributed by atoms with Gasteiger partial charge < -0.3 is 15.8 Å². The maximum atomic E-state index is 12.3. The summed E-state index contributed by atoms with van der Waals surface area (Å²) < 4.78 is 5.32. The molecular weight excluding hydrogens is 350 g/mol. The largest absolute Gasteiger partial charge is 0.384 e. The molecule has 1 aliphatic rings. The Morgan fingerprint density at radius 3 is 2.69 bits per heavy atom. The highest BCUT2D eigenvalue weighted by Crippen LogP contribution is 2.22. The van der Waals surface area contributed by atoms with Gasteiger partial charge >= 0.3 is 0 Å². The fourth-order valence-electron chi connectivity index (χ4n) is 2.73. The van der Waals surface area contributed by atoms with Gasteiger partial charge in [-0.05, 0) is 18.4 Å². The Morgan fingerprint density at radius 2 is 2.00 bits per heavy atom. The number of carbonyl (C=O) groups is 1. The Kier molecular flexibility index (Phi) is 6.43. The van der Waals surface area contributed by atoms with Crippen LogP contribution in [-0.4, -0.2) is 66.4 Å². The summed E-state index contributed by atoms with van der Waals surface area (Å²) in [6.07, 6.45) is 1.91. The zero-order valence-corrected chi connectivity index (χ0v) is 15.6. The Hall–Kier alpha value is -2.16. The fourth-order valence-corrected chi connectivity index (χ4v) is 3.12. The van der Waals surface area contributed by atoms with Crippen molar-refractivity contribution in [1.29, 1.82) is 0 Å². The molecule has 0 saturated carbocycles. The van der Waals surface area contributed by atoms with Gasteiger partial charge in [-0.2, -0.15) is 0 Å². The number of ether oxygens (including phenoxy) is 1. The van der Waals surface area contributed by atoms with Crippen LogP contribution in [0.25, 0.3) is 11.3 Å². The number of nitrogen functional groups attached to an aromatic ring is 1. The molecule has 3 N–H and O–H groups in total. The normalized spacial score (nSPS) is 15.0. The number of nitrogens with one attached hydrogen (secondary N) is 1. The zero-order valence-electron chi connectivity index (χ0n) is 14.8. The highest BCUT2D eigenvalue weighted by molar-refractivity contribution is 7.98. The molecular formula is C18H23N5O2S. The van der Waals surface area contributed by atoms with Gasteiger partial charge in [-0.1, -0.05) is 23.9 Å². The van der Waals surface area contributed by atoms with Crippen LogP contribution >= 0.6 is 11.8 Å². The van der Waals surface area contributed by atoms with Crippen molar-refractivity contribution in [2.45, 2.75) is 5.16 Å². The van der Waals surface area contributed by atoms with E-state index in [2.05, 4.69) is 20.2 Å². The summed E-state index contributed by atoms with van der Waals surface area (Å²) in [6, 6.07) is 9.09. The number of rotatable bonds is 6. The van der Waals surface area contributed by atoms with E-state index in [1.165, 1.54) is 11.8 Å². The molecule has 0 unspecified atom stereocenters. The number of nitrogens with zero attached hydrogens (tertiary/aromatic N) is 3. The van der Waals surface area contributed by atoms with E-state index in [4.69, 9.17) is 10.5 Å². The maximum absolute atomic E-state index is 12.3. The van der Waals surface area contributed by atoms with Crippen LogP contribution in [0.2, 0.25) is 0 Å². The van der Waals surface area contributed by atoms with Gasteiger partial charge in [0, 0.05) is 43.4 Å². The van der Waals surface area contributed by atoms with E-state index >= 15 is 0 Å². The number of hydrogen-bond acceptors (Lipinski definition) is 7. The summed E-state index contributed by atoms with van der Waals surface area (Å²) in [5.41, 5.74) is 8.11. The number of nitrogens with two attached hydrogens (primary N) is 1. The number of benzene rings is 1. The molecule has 138 valence electrons. The molecule has 0 bridgehead atoms. The number of thioether (sulfide) groups is 1. The molecule has 7 nitrogen and oxygen atoms in total. The first kappa shape index (κ1) is 18.6. The van der Waals surface area contributed by atoms with E-state index in [1.807, 2.05) is 18.4 Å². The Bertz CT molecular complexity index is 748. The lowest BCUT2D eigenvalue weighted by Crippen LogP contribution is -2.41. The highest BCUT2D eigenvalue weighted by Gasteiger charge is 2.11.